The molecule has 1 saturated heterocycles. The van der Waals surface area contributed by atoms with Gasteiger partial charge < -0.3 is 14.9 Å². The Labute approximate surface area is 225 Å². The number of aromatic hydroxyl groups is 1. The number of hydrogen-bond donors (Lipinski definition) is 1. The topological polar surface area (TPSA) is 43.8 Å². The van der Waals surface area contributed by atoms with Crippen molar-refractivity contribution < 1.29 is 14.3 Å². The van der Waals surface area contributed by atoms with Gasteiger partial charge in [-0.1, -0.05) is 66.9 Å². The van der Waals surface area contributed by atoms with Gasteiger partial charge in [0.15, 0.2) is 0 Å². The molecule has 0 atom stereocenters. The molecule has 1 aliphatic heterocycles. The number of nitrogens with zero attached hydrogens (tertiary/aromatic N) is 2. The van der Waals surface area contributed by atoms with Crippen molar-refractivity contribution in [3.05, 3.63) is 79.6 Å². The number of phenols is 1. The van der Waals surface area contributed by atoms with E-state index in [1.807, 2.05) is 19.3 Å². The number of amides is 1. The molecule has 1 aromatic rings. The first-order valence-corrected chi connectivity index (χ1v) is 13.7. The van der Waals surface area contributed by atoms with E-state index >= 15 is 4.39 Å². The summed E-state index contributed by atoms with van der Waals surface area (Å²) in [5.74, 6) is -0.728. The monoisotopic (exact) mass is 556 g/mol. The molecule has 1 fully saturated rings. The van der Waals surface area contributed by atoms with E-state index < -0.39 is 5.83 Å². The van der Waals surface area contributed by atoms with E-state index in [2.05, 4.69) is 11.5 Å². The van der Waals surface area contributed by atoms with Gasteiger partial charge in [-0.25, -0.2) is 4.39 Å². The maximum atomic E-state index is 16.4. The van der Waals surface area contributed by atoms with Gasteiger partial charge in [-0.3, -0.25) is 4.79 Å². The second-order valence-electron chi connectivity index (χ2n) is 8.15. The lowest BCUT2D eigenvalue weighted by Crippen LogP contribution is -2.47. The summed E-state index contributed by atoms with van der Waals surface area (Å²) in [6.45, 7) is 7.98. The third-order valence-corrected chi connectivity index (χ3v) is 7.97. The number of piperazine rings is 1. The number of allylic oxidation sites excluding steroid dienone is 7. The number of carbonyl (C=O) groups excluding carboxylic acids is 1. The Hall–Kier alpha value is -1.86. The van der Waals surface area contributed by atoms with E-state index in [1.165, 1.54) is 18.2 Å². The van der Waals surface area contributed by atoms with Crippen LogP contribution in [0.2, 0.25) is 10.0 Å². The van der Waals surface area contributed by atoms with Crippen molar-refractivity contribution in [2.75, 3.05) is 32.4 Å². The van der Waals surface area contributed by atoms with E-state index in [0.29, 0.717) is 44.6 Å². The quantitative estimate of drug-likeness (QED) is 0.367. The molecule has 4 nitrogen and oxygen atoms in total. The van der Waals surface area contributed by atoms with Gasteiger partial charge in [0.05, 0.1) is 15.1 Å². The molecule has 0 bridgehead atoms. The fourth-order valence-corrected chi connectivity index (χ4v) is 5.74. The molecular weight excluding hydrogens is 530 g/mol. The zero-order valence-corrected chi connectivity index (χ0v) is 22.8. The lowest BCUT2D eigenvalue weighted by atomic mass is 9.97. The van der Waals surface area contributed by atoms with Crippen LogP contribution < -0.4 is 0 Å². The van der Waals surface area contributed by atoms with Crippen LogP contribution >= 0.6 is 46.6 Å². The fourth-order valence-electron chi connectivity index (χ4n) is 4.19. The zero-order valence-electron chi connectivity index (χ0n) is 19.7. The summed E-state index contributed by atoms with van der Waals surface area (Å²) in [5, 5.41) is 11.5. The first-order valence-electron chi connectivity index (χ1n) is 11.3. The summed E-state index contributed by atoms with van der Waals surface area (Å²) in [6.07, 6.45) is 8.88. The number of rotatable bonds is 6. The summed E-state index contributed by atoms with van der Waals surface area (Å²) in [6, 6.07) is 2.68. The molecule has 1 amide bonds. The van der Waals surface area contributed by atoms with Gasteiger partial charge in [0.2, 0.25) is 5.91 Å². The minimum Gasteiger partial charge on any atom is -0.508 e. The van der Waals surface area contributed by atoms with Crippen molar-refractivity contribution in [1.82, 2.24) is 9.80 Å². The van der Waals surface area contributed by atoms with Gasteiger partial charge in [-0.2, -0.15) is 0 Å². The molecule has 188 valence electrons. The molecule has 1 heterocycles. The Balaban J connectivity index is 2.14. The standard InChI is InChI=1S/C26H28Cl3FN2O2S/c1-4-6-7-17-18(26(35-3)32-12-10-31(11-13-32)22(34)5-2)8-9-20(27)23(25(17)30)19-14-16(33)15-21(28)24(19)29/h5,7,9,14-15,33H,2,4,6,8,10-13H2,1,3H3/b17-7-,26-18-. The third kappa shape index (κ3) is 6.11. The maximum absolute atomic E-state index is 16.4. The Kier molecular flexibility index (Phi) is 9.82. The molecule has 1 aromatic carbocycles. The van der Waals surface area contributed by atoms with Crippen LogP contribution in [-0.2, 0) is 4.79 Å². The molecule has 1 aliphatic carbocycles. The molecule has 9 heteroatoms. The van der Waals surface area contributed by atoms with Crippen molar-refractivity contribution in [3.8, 4) is 5.75 Å². The predicted molar refractivity (Wildman–Crippen MR) is 147 cm³/mol. The molecule has 2 aliphatic rings. The number of carbonyl (C=O) groups is 1. The van der Waals surface area contributed by atoms with Crippen LogP contribution in [0.15, 0.2) is 64.0 Å². The molecule has 0 unspecified atom stereocenters. The average Bonchev–Trinajstić information content (AvgIpc) is 2.96. The molecule has 0 spiro atoms. The second-order valence-corrected chi connectivity index (χ2v) is 10.1. The minimum atomic E-state index is -0.511. The summed E-state index contributed by atoms with van der Waals surface area (Å²) >= 11 is 20.8. The van der Waals surface area contributed by atoms with Crippen LogP contribution in [0.4, 0.5) is 4.39 Å². The first kappa shape index (κ1) is 27.7. The van der Waals surface area contributed by atoms with Crippen molar-refractivity contribution in [2.24, 2.45) is 0 Å². The Morgan fingerprint density at radius 3 is 2.46 bits per heavy atom. The van der Waals surface area contributed by atoms with Crippen LogP contribution in [0, 0.1) is 0 Å². The minimum absolute atomic E-state index is 0.0870. The molecule has 0 saturated carbocycles. The van der Waals surface area contributed by atoms with Crippen LogP contribution in [0.3, 0.4) is 0 Å². The maximum Gasteiger partial charge on any atom is 0.246 e. The number of thioether (sulfide) groups is 1. The van der Waals surface area contributed by atoms with Gasteiger partial charge in [0, 0.05) is 54.0 Å². The SMILES string of the molecule is C=CC(=O)N1CCN(/C(SC)=C2\CC=C(Cl)C(c3cc(O)cc(Cl)c3Cl)=C(F)\C2=C/CCC)CC1. The molecule has 1 N–H and O–H groups in total. The lowest BCUT2D eigenvalue weighted by Gasteiger charge is -2.37. The van der Waals surface area contributed by atoms with Gasteiger partial charge in [0.1, 0.15) is 11.6 Å². The van der Waals surface area contributed by atoms with Crippen molar-refractivity contribution in [1.29, 1.82) is 0 Å². The number of hydrogen-bond acceptors (Lipinski definition) is 4. The normalized spacial score (nSPS) is 19.6. The van der Waals surface area contributed by atoms with Crippen LogP contribution in [-0.4, -0.2) is 53.2 Å². The van der Waals surface area contributed by atoms with Gasteiger partial charge in [0.25, 0.3) is 0 Å². The second kappa shape index (κ2) is 12.4. The number of halogens is 4. The molecule has 0 radical (unpaired) electrons. The van der Waals surface area contributed by atoms with Crippen molar-refractivity contribution >= 4 is 58.0 Å². The predicted octanol–water partition coefficient (Wildman–Crippen LogP) is 7.54. The van der Waals surface area contributed by atoms with E-state index in [-0.39, 0.29) is 37.9 Å². The van der Waals surface area contributed by atoms with Gasteiger partial charge in [-0.15, -0.1) is 11.8 Å². The molecule has 0 aromatic heterocycles. The van der Waals surface area contributed by atoms with Gasteiger partial charge in [-0.05, 0) is 36.8 Å². The smallest absolute Gasteiger partial charge is 0.246 e. The molecular formula is C26H28Cl3FN2O2S. The lowest BCUT2D eigenvalue weighted by molar-refractivity contribution is -0.127. The Bertz CT molecular complexity index is 1140. The largest absolute Gasteiger partial charge is 0.508 e. The van der Waals surface area contributed by atoms with E-state index in [9.17, 15) is 9.90 Å². The molecule has 3 rings (SSSR count). The van der Waals surface area contributed by atoms with Crippen LogP contribution in [0.25, 0.3) is 5.57 Å². The summed E-state index contributed by atoms with van der Waals surface area (Å²) in [7, 11) is 0. The molecule has 35 heavy (non-hydrogen) atoms. The Morgan fingerprint density at radius 2 is 1.86 bits per heavy atom. The van der Waals surface area contributed by atoms with Crippen molar-refractivity contribution in [3.63, 3.8) is 0 Å². The van der Waals surface area contributed by atoms with E-state index in [4.69, 9.17) is 34.8 Å². The highest BCUT2D eigenvalue weighted by molar-refractivity contribution is 8.02. The van der Waals surface area contributed by atoms with Crippen LogP contribution in [0.1, 0.15) is 31.7 Å². The van der Waals surface area contributed by atoms with E-state index in [0.717, 1.165) is 17.0 Å². The van der Waals surface area contributed by atoms with Crippen molar-refractivity contribution in [2.45, 2.75) is 26.2 Å². The number of benzene rings is 1. The number of unbranched alkanes of at least 4 members (excludes halogenated alkanes) is 1. The number of phenolic OH excluding ortho intramolecular Hbond substituents is 1. The highest BCUT2D eigenvalue weighted by Crippen LogP contribution is 2.46. The summed E-state index contributed by atoms with van der Waals surface area (Å²) in [4.78, 5) is 15.9. The Morgan fingerprint density at radius 1 is 1.20 bits per heavy atom. The summed E-state index contributed by atoms with van der Waals surface area (Å²) in [5.41, 5.74) is 1.62. The zero-order chi connectivity index (χ0) is 25.7. The average molecular weight is 558 g/mol. The first-order chi connectivity index (χ1) is 16.7. The summed E-state index contributed by atoms with van der Waals surface area (Å²) < 4.78 is 16.4. The fraction of sp³-hybridized carbons (Fsp3) is 0.346. The van der Waals surface area contributed by atoms with E-state index in [1.54, 1.807) is 22.7 Å². The van der Waals surface area contributed by atoms with Crippen LogP contribution in [0.5, 0.6) is 5.75 Å². The van der Waals surface area contributed by atoms with Gasteiger partial charge >= 0.3 is 0 Å². The highest BCUT2D eigenvalue weighted by Gasteiger charge is 2.29. The highest BCUT2D eigenvalue weighted by atomic mass is 35.5. The third-order valence-electron chi connectivity index (χ3n) is 5.93.